The first-order chi connectivity index (χ1) is 11.6. The number of esters is 1. The molecule has 0 saturated heterocycles. The molecule has 0 radical (unpaired) electrons. The Morgan fingerprint density at radius 2 is 1.84 bits per heavy atom. The number of rotatable bonds is 5. The number of benzene rings is 3. The van der Waals surface area contributed by atoms with Gasteiger partial charge in [0, 0.05) is 4.57 Å². The van der Waals surface area contributed by atoms with Crippen LogP contribution in [0.15, 0.2) is 48.5 Å². The Morgan fingerprint density at radius 3 is 2.56 bits per heavy atom. The van der Waals surface area contributed by atoms with Crippen LogP contribution in [0.25, 0.3) is 21.5 Å². The smallest absolute Gasteiger partial charge is 1.00 e. The molecule has 3 rings (SSSR count). The van der Waals surface area contributed by atoms with Gasteiger partial charge in [0.15, 0.2) is 5.75 Å². The second-order valence-corrected chi connectivity index (χ2v) is 5.70. The van der Waals surface area contributed by atoms with Crippen molar-refractivity contribution in [3.8, 4) is 5.75 Å². The molecule has 124 valence electrons. The van der Waals surface area contributed by atoms with Crippen LogP contribution in [0.5, 0.6) is 5.75 Å². The summed E-state index contributed by atoms with van der Waals surface area (Å²) in [6.45, 7) is -0.280. The van der Waals surface area contributed by atoms with Gasteiger partial charge in [-0.2, -0.15) is 0 Å². The van der Waals surface area contributed by atoms with Crippen molar-refractivity contribution in [1.82, 2.24) is 0 Å². The third-order valence-electron chi connectivity index (χ3n) is 3.58. The molecule has 3 aromatic rings. The Bertz CT molecular complexity index is 949. The maximum absolute atomic E-state index is 12.1. The molecule has 1 atom stereocenters. The summed E-state index contributed by atoms with van der Waals surface area (Å²) in [5.74, 6) is -0.199. The molecule has 0 amide bonds. The summed E-state index contributed by atoms with van der Waals surface area (Å²) in [6, 6.07) is 13.9. The average Bonchev–Trinajstić information content (AvgIpc) is 2.58. The molecule has 0 saturated carbocycles. The first-order valence-corrected chi connectivity index (χ1v) is 8.31. The summed E-state index contributed by atoms with van der Waals surface area (Å²) in [6.07, 6.45) is 0. The predicted molar refractivity (Wildman–Crippen MR) is 90.4 cm³/mol. The van der Waals surface area contributed by atoms with E-state index in [0.717, 1.165) is 21.5 Å². The summed E-state index contributed by atoms with van der Waals surface area (Å²) >= 11 is 0. The first kappa shape index (κ1) is 20.4. The van der Waals surface area contributed by atoms with Crippen molar-refractivity contribution in [2.75, 3.05) is 13.2 Å². The van der Waals surface area contributed by atoms with Crippen LogP contribution in [0.2, 0.25) is 0 Å². The van der Waals surface area contributed by atoms with E-state index in [9.17, 15) is 9.36 Å². The summed E-state index contributed by atoms with van der Waals surface area (Å²) in [7, 11) is -2.72. The monoisotopic (exact) mass is 385 g/mol. The largest absolute Gasteiger partial charge is 1.00 e. The number of aliphatic hydroxyl groups excluding tert-OH is 1. The summed E-state index contributed by atoms with van der Waals surface area (Å²) in [5, 5.41) is 12.1. The van der Waals surface area contributed by atoms with Gasteiger partial charge in [-0.15, -0.1) is 4.89 Å². The van der Waals surface area contributed by atoms with E-state index < -0.39 is 14.2 Å². The molecule has 0 aliphatic carbocycles. The van der Waals surface area contributed by atoms with Crippen LogP contribution in [-0.4, -0.2) is 29.2 Å². The molecule has 3 aromatic carbocycles. The number of hydrogen-bond acceptors (Lipinski definition) is 5. The molecule has 0 aliphatic heterocycles. The first-order valence-electron chi connectivity index (χ1n) is 7.18. The van der Waals surface area contributed by atoms with Gasteiger partial charge in [-0.3, -0.25) is 0 Å². The molecular weight excluding hydrogens is 370 g/mol. The minimum atomic E-state index is -2.72. The van der Waals surface area contributed by atoms with Crippen LogP contribution in [-0.2, 0) is 9.30 Å². The molecule has 0 aromatic heterocycles. The second kappa shape index (κ2) is 9.16. The standard InChI is InChI=1S/C17H13O6P.K.H/c18-8-9-22-17(19)16-3-1-2-14-13-7-5-12(23-24(20)21)10-11(13)4-6-15(14)16;;/h1-7,10,18H,8-9H2;;/q;+1;-1/p+1. The third-order valence-corrected chi connectivity index (χ3v) is 3.94. The van der Waals surface area contributed by atoms with Gasteiger partial charge in [-0.05, 0) is 45.8 Å². The fraction of sp³-hybridized carbons (Fsp3) is 0.118. The molecule has 0 fully saturated rings. The van der Waals surface area contributed by atoms with E-state index in [2.05, 4.69) is 0 Å². The summed E-state index contributed by atoms with van der Waals surface area (Å²) in [4.78, 5) is 21.0. The van der Waals surface area contributed by atoms with Gasteiger partial charge in [-0.1, -0.05) is 24.3 Å². The molecule has 1 unspecified atom stereocenters. The van der Waals surface area contributed by atoms with Crippen LogP contribution in [0.3, 0.4) is 0 Å². The van der Waals surface area contributed by atoms with E-state index in [1.807, 2.05) is 6.07 Å². The molecule has 6 nitrogen and oxygen atoms in total. The number of fused-ring (bicyclic) bond motifs is 3. The summed E-state index contributed by atoms with van der Waals surface area (Å²) in [5.41, 5.74) is 0.418. The van der Waals surface area contributed by atoms with E-state index >= 15 is 0 Å². The predicted octanol–water partition coefficient (Wildman–Crippen LogP) is 0.287. The SMILES string of the molecule is O=C(OCCO)c1cccc2c1ccc1cc(O[P+](=O)O)ccc12.[H-].[K+]. The molecule has 2 N–H and O–H groups in total. The quantitative estimate of drug-likeness (QED) is 0.284. The van der Waals surface area contributed by atoms with E-state index in [1.165, 1.54) is 0 Å². The fourth-order valence-corrected chi connectivity index (χ4v) is 2.91. The summed E-state index contributed by atoms with van der Waals surface area (Å²) < 4.78 is 20.6. The molecule has 0 aliphatic rings. The number of carbonyl (C=O) groups excluding carboxylic acids is 1. The van der Waals surface area contributed by atoms with E-state index in [4.69, 9.17) is 19.3 Å². The Labute approximate surface area is 188 Å². The van der Waals surface area contributed by atoms with Crippen molar-refractivity contribution < 1.29 is 81.4 Å². The van der Waals surface area contributed by atoms with E-state index in [1.54, 1.807) is 42.5 Å². The van der Waals surface area contributed by atoms with Crippen LogP contribution in [0.1, 0.15) is 11.8 Å². The number of carbonyl (C=O) groups is 1. The molecule has 0 bridgehead atoms. The van der Waals surface area contributed by atoms with Gasteiger partial charge >= 0.3 is 65.6 Å². The van der Waals surface area contributed by atoms with E-state index in [-0.39, 0.29) is 66.0 Å². The molecular formula is C17H15KO6P+. The Hall–Kier alpha value is -0.894. The zero-order valence-electron chi connectivity index (χ0n) is 14.5. The van der Waals surface area contributed by atoms with Crippen molar-refractivity contribution in [3.05, 3.63) is 54.1 Å². The maximum atomic E-state index is 12.1. The van der Waals surface area contributed by atoms with Crippen molar-refractivity contribution in [2.45, 2.75) is 0 Å². The van der Waals surface area contributed by atoms with Crippen LogP contribution in [0, 0.1) is 0 Å². The van der Waals surface area contributed by atoms with Gasteiger partial charge in [0.1, 0.15) is 6.61 Å². The average molecular weight is 385 g/mol. The van der Waals surface area contributed by atoms with Crippen LogP contribution in [0.4, 0.5) is 0 Å². The fourth-order valence-electron chi connectivity index (χ4n) is 2.62. The Morgan fingerprint density at radius 1 is 1.08 bits per heavy atom. The zero-order valence-corrected chi connectivity index (χ0v) is 17.5. The molecule has 0 spiro atoms. The normalized spacial score (nSPS) is 11.0. The third kappa shape index (κ3) is 4.64. The molecule has 25 heavy (non-hydrogen) atoms. The maximum Gasteiger partial charge on any atom is 1.00 e. The number of hydrogen-bond donors (Lipinski definition) is 2. The second-order valence-electron chi connectivity index (χ2n) is 5.04. The Balaban J connectivity index is 0.00000169. The Kier molecular flexibility index (Phi) is 7.48. The van der Waals surface area contributed by atoms with E-state index in [0.29, 0.717) is 11.3 Å². The van der Waals surface area contributed by atoms with Crippen LogP contribution < -0.4 is 55.9 Å². The van der Waals surface area contributed by atoms with Crippen molar-refractivity contribution >= 4 is 35.8 Å². The molecule has 0 heterocycles. The number of ether oxygens (including phenoxy) is 1. The van der Waals surface area contributed by atoms with Gasteiger partial charge in [0.25, 0.3) is 0 Å². The minimum absolute atomic E-state index is 0. The number of aliphatic hydroxyl groups is 1. The zero-order chi connectivity index (χ0) is 17.1. The van der Waals surface area contributed by atoms with Gasteiger partial charge in [-0.25, -0.2) is 9.32 Å². The molecule has 8 heteroatoms. The van der Waals surface area contributed by atoms with Crippen LogP contribution >= 0.6 is 8.25 Å². The topological polar surface area (TPSA) is 93.1 Å². The minimum Gasteiger partial charge on any atom is -1.00 e. The van der Waals surface area contributed by atoms with Gasteiger partial charge in [0.2, 0.25) is 0 Å². The van der Waals surface area contributed by atoms with Gasteiger partial charge in [0.05, 0.1) is 12.2 Å². The van der Waals surface area contributed by atoms with Crippen molar-refractivity contribution in [1.29, 1.82) is 0 Å². The van der Waals surface area contributed by atoms with Crippen molar-refractivity contribution in [3.63, 3.8) is 0 Å². The van der Waals surface area contributed by atoms with Crippen molar-refractivity contribution in [2.24, 2.45) is 0 Å². The van der Waals surface area contributed by atoms with Gasteiger partial charge < -0.3 is 11.3 Å².